The zero-order chi connectivity index (χ0) is 55.5. The summed E-state index contributed by atoms with van der Waals surface area (Å²) in [6.45, 7) is 4.06. The van der Waals surface area contributed by atoms with Crippen LogP contribution in [0.2, 0.25) is 0 Å². The molecule has 0 aromatic rings. The molecular formula is C72H124O5. The van der Waals surface area contributed by atoms with Gasteiger partial charge in [-0.15, -0.1) is 0 Å². The Hall–Kier alpha value is -3.44. The predicted octanol–water partition coefficient (Wildman–Crippen LogP) is 22.8. The molecule has 1 atom stereocenters. The monoisotopic (exact) mass is 1070 g/mol. The highest BCUT2D eigenvalue weighted by Crippen LogP contribution is 2.17. The molecule has 0 spiro atoms. The van der Waals surface area contributed by atoms with Crippen LogP contribution in [-0.4, -0.2) is 36.4 Å². The van der Waals surface area contributed by atoms with Gasteiger partial charge >= 0.3 is 11.9 Å². The number of rotatable bonds is 60. The van der Waals surface area contributed by atoms with Crippen molar-refractivity contribution in [1.82, 2.24) is 0 Å². The highest BCUT2D eigenvalue weighted by atomic mass is 16.6. The number of carbonyl (C=O) groups excluding carboxylic acids is 2. The van der Waals surface area contributed by atoms with E-state index in [1.807, 2.05) is 0 Å². The normalized spacial score (nSPS) is 12.9. The summed E-state index contributed by atoms with van der Waals surface area (Å²) in [7, 11) is 0. The van der Waals surface area contributed by atoms with Crippen LogP contribution >= 0.6 is 0 Å². The van der Waals surface area contributed by atoms with Gasteiger partial charge in [-0.3, -0.25) is 9.59 Å². The molecule has 5 nitrogen and oxygen atoms in total. The number of aliphatic hydroxyl groups excluding tert-OH is 1. The minimum atomic E-state index is -0.781. The number of carbonyl (C=O) groups is 2. The Morgan fingerprint density at radius 2 is 0.558 bits per heavy atom. The molecule has 0 aliphatic carbocycles. The van der Waals surface area contributed by atoms with E-state index in [4.69, 9.17) is 9.47 Å². The number of unbranched alkanes of at least 4 members (excludes halogenated alkanes) is 34. The minimum absolute atomic E-state index is 0.0695. The molecule has 0 bridgehead atoms. The SMILES string of the molecule is CC/C=C\C/C=C\C/C=C\C/C=C\C/C=C\C/C=C\C/C=C\C/C=C\C/C=C\CCCCCCCCCCCC(=O)OC(CO)COC(=O)CCCCCCCCCCCCCCCCCCCCCCCCCCCC. The Kier molecular flexibility index (Phi) is 63.9. The highest BCUT2D eigenvalue weighted by Gasteiger charge is 2.16. The van der Waals surface area contributed by atoms with Gasteiger partial charge in [-0.2, -0.15) is 0 Å². The molecule has 0 radical (unpaired) electrons. The average molecular weight is 1070 g/mol. The summed E-state index contributed by atoms with van der Waals surface area (Å²) in [6.07, 6.45) is 96.7. The molecule has 0 saturated carbocycles. The van der Waals surface area contributed by atoms with Crippen molar-refractivity contribution in [3.05, 3.63) is 109 Å². The van der Waals surface area contributed by atoms with Crippen molar-refractivity contribution in [2.24, 2.45) is 0 Å². The first kappa shape index (κ1) is 73.6. The van der Waals surface area contributed by atoms with Crippen molar-refractivity contribution in [1.29, 1.82) is 0 Å². The topological polar surface area (TPSA) is 72.8 Å². The van der Waals surface area contributed by atoms with Crippen LogP contribution in [0.3, 0.4) is 0 Å². The average Bonchev–Trinajstić information content (AvgIpc) is 3.43. The Bertz CT molecular complexity index is 1490. The molecule has 0 heterocycles. The third kappa shape index (κ3) is 65.0. The largest absolute Gasteiger partial charge is 0.462 e. The van der Waals surface area contributed by atoms with Crippen molar-refractivity contribution >= 4 is 11.9 Å². The summed E-state index contributed by atoms with van der Waals surface area (Å²) in [5, 5.41) is 9.69. The quantitative estimate of drug-likeness (QED) is 0.0373. The number of esters is 2. The van der Waals surface area contributed by atoms with Crippen LogP contribution in [0.1, 0.15) is 316 Å². The second-order valence-corrected chi connectivity index (χ2v) is 21.8. The molecule has 1 N–H and O–H groups in total. The maximum absolute atomic E-state index is 12.3. The van der Waals surface area contributed by atoms with E-state index in [1.54, 1.807) is 0 Å². The molecule has 77 heavy (non-hydrogen) atoms. The zero-order valence-corrected chi connectivity index (χ0v) is 50.7. The van der Waals surface area contributed by atoms with Gasteiger partial charge in [-0.25, -0.2) is 0 Å². The number of hydrogen-bond acceptors (Lipinski definition) is 5. The van der Waals surface area contributed by atoms with Gasteiger partial charge in [-0.05, 0) is 83.5 Å². The van der Waals surface area contributed by atoms with Crippen molar-refractivity contribution in [2.45, 2.75) is 322 Å². The first-order chi connectivity index (χ1) is 38.1. The third-order valence-electron chi connectivity index (χ3n) is 14.3. The van der Waals surface area contributed by atoms with Crippen molar-refractivity contribution in [3.63, 3.8) is 0 Å². The second kappa shape index (κ2) is 66.8. The third-order valence-corrected chi connectivity index (χ3v) is 14.3. The molecule has 1 unspecified atom stereocenters. The maximum atomic E-state index is 12.3. The Morgan fingerprint density at radius 3 is 0.844 bits per heavy atom. The van der Waals surface area contributed by atoms with E-state index in [0.29, 0.717) is 12.8 Å². The van der Waals surface area contributed by atoms with Gasteiger partial charge in [0.25, 0.3) is 0 Å². The molecule has 5 heteroatoms. The Labute approximate surface area is 478 Å². The first-order valence-corrected chi connectivity index (χ1v) is 32.9. The fraction of sp³-hybridized carbons (Fsp3) is 0.722. The molecule has 0 aliphatic heterocycles. The van der Waals surface area contributed by atoms with Crippen LogP contribution in [0.4, 0.5) is 0 Å². The van der Waals surface area contributed by atoms with Crippen LogP contribution in [-0.2, 0) is 19.1 Å². The summed E-state index contributed by atoms with van der Waals surface area (Å²) in [5.41, 5.74) is 0. The van der Waals surface area contributed by atoms with Gasteiger partial charge in [0, 0.05) is 12.8 Å². The predicted molar refractivity (Wildman–Crippen MR) is 339 cm³/mol. The van der Waals surface area contributed by atoms with Crippen LogP contribution in [0.15, 0.2) is 109 Å². The Balaban J connectivity index is 3.52. The van der Waals surface area contributed by atoms with Crippen LogP contribution < -0.4 is 0 Å². The summed E-state index contributed by atoms with van der Waals surface area (Å²) >= 11 is 0. The fourth-order valence-electron chi connectivity index (χ4n) is 9.43. The smallest absolute Gasteiger partial charge is 0.306 e. The number of hydrogen-bond donors (Lipinski definition) is 1. The molecule has 0 aliphatic rings. The van der Waals surface area contributed by atoms with Gasteiger partial charge in [0.1, 0.15) is 6.61 Å². The van der Waals surface area contributed by atoms with E-state index >= 15 is 0 Å². The zero-order valence-electron chi connectivity index (χ0n) is 50.7. The lowest BCUT2D eigenvalue weighted by Gasteiger charge is -2.15. The fourth-order valence-corrected chi connectivity index (χ4v) is 9.43. The van der Waals surface area contributed by atoms with Crippen LogP contribution in [0, 0.1) is 0 Å². The van der Waals surface area contributed by atoms with Crippen molar-refractivity contribution in [3.8, 4) is 0 Å². The molecule has 0 fully saturated rings. The van der Waals surface area contributed by atoms with Crippen molar-refractivity contribution in [2.75, 3.05) is 13.2 Å². The molecular weight excluding hydrogens is 945 g/mol. The van der Waals surface area contributed by atoms with Crippen molar-refractivity contribution < 1.29 is 24.2 Å². The van der Waals surface area contributed by atoms with Gasteiger partial charge < -0.3 is 14.6 Å². The summed E-state index contributed by atoms with van der Waals surface area (Å²) in [5.74, 6) is -0.589. The van der Waals surface area contributed by atoms with E-state index in [1.165, 1.54) is 186 Å². The lowest BCUT2D eigenvalue weighted by Crippen LogP contribution is -2.28. The number of allylic oxidation sites excluding steroid dienone is 18. The lowest BCUT2D eigenvalue weighted by molar-refractivity contribution is -0.161. The van der Waals surface area contributed by atoms with Crippen LogP contribution in [0.25, 0.3) is 0 Å². The minimum Gasteiger partial charge on any atom is -0.462 e. The summed E-state index contributed by atoms with van der Waals surface area (Å²) < 4.78 is 10.7. The van der Waals surface area contributed by atoms with E-state index in [9.17, 15) is 14.7 Å². The maximum Gasteiger partial charge on any atom is 0.306 e. The second-order valence-electron chi connectivity index (χ2n) is 21.8. The molecule has 442 valence electrons. The molecule has 0 aromatic heterocycles. The van der Waals surface area contributed by atoms with Gasteiger partial charge in [-0.1, -0.05) is 329 Å². The molecule has 0 saturated heterocycles. The summed E-state index contributed by atoms with van der Waals surface area (Å²) in [6, 6.07) is 0. The Morgan fingerprint density at radius 1 is 0.312 bits per heavy atom. The standard InChI is InChI=1S/C72H124O5/c1-3-5-7-9-11-13-15-17-19-21-23-25-27-29-31-32-33-34-35-36-37-38-39-40-41-43-45-47-49-51-53-55-57-59-61-63-65-67-72(75)77-70(68-73)69-76-71(74)66-64-62-60-58-56-54-52-50-48-46-44-42-30-28-26-24-22-20-18-16-14-12-10-8-6-4-2/h5,7,11,13,17,19,23,25,29,31,33-34,36-37,39-40,43,45,70,73H,3-4,6,8-10,12,14-16,18,20-22,24,26-28,30,32,35,38,41-42,44,46-69H2,1-2H3/b7-5-,13-11-,19-17-,25-23-,31-29-,34-33-,37-36-,40-39-,45-43-. The number of aliphatic hydroxyl groups is 1. The van der Waals surface area contributed by atoms with Crippen LogP contribution in [0.5, 0.6) is 0 Å². The van der Waals surface area contributed by atoms with Gasteiger partial charge in [0.05, 0.1) is 6.61 Å². The summed E-state index contributed by atoms with van der Waals surface area (Å²) in [4.78, 5) is 24.6. The first-order valence-electron chi connectivity index (χ1n) is 32.9. The van der Waals surface area contributed by atoms with Gasteiger partial charge in [0.15, 0.2) is 6.10 Å². The lowest BCUT2D eigenvalue weighted by atomic mass is 10.0. The molecule has 0 rings (SSSR count). The highest BCUT2D eigenvalue weighted by molar-refractivity contribution is 5.70. The van der Waals surface area contributed by atoms with E-state index < -0.39 is 6.10 Å². The number of ether oxygens (including phenoxy) is 2. The molecule has 0 amide bonds. The van der Waals surface area contributed by atoms with E-state index in [2.05, 4.69) is 123 Å². The van der Waals surface area contributed by atoms with E-state index in [-0.39, 0.29) is 25.2 Å². The van der Waals surface area contributed by atoms with E-state index in [0.717, 1.165) is 103 Å². The molecule has 0 aromatic carbocycles. The van der Waals surface area contributed by atoms with Gasteiger partial charge in [0.2, 0.25) is 0 Å².